The molecular formula is C61H102O6. The van der Waals surface area contributed by atoms with Crippen LogP contribution in [0.1, 0.15) is 252 Å². The number of carbonyl (C=O) groups excluding carboxylic acids is 3. The number of ether oxygens (including phenoxy) is 3. The van der Waals surface area contributed by atoms with E-state index in [0.29, 0.717) is 19.3 Å². The van der Waals surface area contributed by atoms with E-state index in [9.17, 15) is 14.4 Å². The molecule has 0 bridgehead atoms. The van der Waals surface area contributed by atoms with Gasteiger partial charge in [-0.1, -0.05) is 221 Å². The van der Waals surface area contributed by atoms with Crippen LogP contribution in [0.3, 0.4) is 0 Å². The third kappa shape index (κ3) is 53.2. The zero-order chi connectivity index (χ0) is 48.6. The van der Waals surface area contributed by atoms with E-state index in [-0.39, 0.29) is 31.1 Å². The minimum Gasteiger partial charge on any atom is -0.462 e. The van der Waals surface area contributed by atoms with Crippen LogP contribution in [0.25, 0.3) is 0 Å². The second-order valence-electron chi connectivity index (χ2n) is 18.1. The molecule has 0 aromatic rings. The molecule has 0 rings (SSSR count). The molecule has 6 nitrogen and oxygen atoms in total. The van der Waals surface area contributed by atoms with Gasteiger partial charge in [-0.25, -0.2) is 0 Å². The summed E-state index contributed by atoms with van der Waals surface area (Å²) in [6, 6.07) is 0. The Hall–Kier alpha value is -3.67. The third-order valence-electron chi connectivity index (χ3n) is 11.6. The smallest absolute Gasteiger partial charge is 0.306 e. The minimum atomic E-state index is -0.790. The van der Waals surface area contributed by atoms with E-state index in [1.54, 1.807) is 0 Å². The van der Waals surface area contributed by atoms with Crippen molar-refractivity contribution in [2.24, 2.45) is 0 Å². The summed E-state index contributed by atoms with van der Waals surface area (Å²) in [7, 11) is 0. The standard InChI is InChI=1S/C61H102O6/c1-4-7-10-13-16-19-22-24-26-28-29-30-31-33-34-36-39-42-45-48-51-54-60(63)66-57-58(56-65-59(62)53-50-47-44-41-38-21-18-15-12-9-6-3)67-61(64)55-52-49-46-43-40-37-35-32-27-25-23-20-17-14-11-8-5-2/h7-8,10-11,15-20,24-27,29-30,58H,4-6,9,12-14,21-23,28,31-57H2,1-3H3/b10-7-,11-8-,18-15-,19-16-,20-17-,26-24-,27-25-,30-29-. The number of rotatable bonds is 49. The molecule has 0 radical (unpaired) electrons. The van der Waals surface area contributed by atoms with Crippen LogP contribution in [0.5, 0.6) is 0 Å². The molecule has 1 unspecified atom stereocenters. The fourth-order valence-electron chi connectivity index (χ4n) is 7.43. The van der Waals surface area contributed by atoms with E-state index < -0.39 is 6.10 Å². The molecule has 0 heterocycles. The molecule has 0 saturated carbocycles. The molecule has 0 aromatic carbocycles. The predicted octanol–water partition coefficient (Wildman–Crippen LogP) is 18.5. The van der Waals surface area contributed by atoms with Gasteiger partial charge >= 0.3 is 17.9 Å². The van der Waals surface area contributed by atoms with Crippen molar-refractivity contribution in [2.45, 2.75) is 258 Å². The molecule has 0 aliphatic heterocycles. The van der Waals surface area contributed by atoms with E-state index in [1.807, 2.05) is 0 Å². The maximum Gasteiger partial charge on any atom is 0.306 e. The SMILES string of the molecule is CC/C=C\C/C=C\C/C=C\C/C=C\CCCCCCCCCCC(=O)OCC(COC(=O)CCCCCCC/C=C\CCCC)OC(=O)CCCCCCCCC/C=C\C/C=C\C/C=C\CC. The van der Waals surface area contributed by atoms with Crippen molar-refractivity contribution < 1.29 is 28.6 Å². The summed E-state index contributed by atoms with van der Waals surface area (Å²) in [5, 5.41) is 0. The molecule has 0 N–H and O–H groups in total. The molecule has 0 fully saturated rings. The summed E-state index contributed by atoms with van der Waals surface area (Å²) in [5.41, 5.74) is 0. The highest BCUT2D eigenvalue weighted by Crippen LogP contribution is 2.14. The second kappa shape index (κ2) is 54.9. The van der Waals surface area contributed by atoms with E-state index in [4.69, 9.17) is 14.2 Å². The normalized spacial score (nSPS) is 12.8. The van der Waals surface area contributed by atoms with Gasteiger partial charge in [0.25, 0.3) is 0 Å². The average molecular weight is 931 g/mol. The number of hydrogen-bond acceptors (Lipinski definition) is 6. The van der Waals surface area contributed by atoms with Crippen LogP contribution in [-0.4, -0.2) is 37.2 Å². The summed E-state index contributed by atoms with van der Waals surface area (Å²) in [6.07, 6.45) is 72.5. The number of carbonyl (C=O) groups is 3. The molecule has 0 aliphatic carbocycles. The van der Waals surface area contributed by atoms with Crippen LogP contribution in [0.15, 0.2) is 97.2 Å². The summed E-state index contributed by atoms with van der Waals surface area (Å²) in [4.78, 5) is 38.1. The fourth-order valence-corrected chi connectivity index (χ4v) is 7.43. The largest absolute Gasteiger partial charge is 0.462 e. The first-order valence-corrected chi connectivity index (χ1v) is 27.7. The topological polar surface area (TPSA) is 78.9 Å². The van der Waals surface area contributed by atoms with Crippen LogP contribution in [0.4, 0.5) is 0 Å². The zero-order valence-corrected chi connectivity index (χ0v) is 43.6. The fraction of sp³-hybridized carbons (Fsp3) is 0.689. The molecule has 0 aromatic heterocycles. The molecule has 0 spiro atoms. The highest BCUT2D eigenvalue weighted by Gasteiger charge is 2.19. The summed E-state index contributed by atoms with van der Waals surface area (Å²) >= 11 is 0. The number of esters is 3. The molecule has 0 amide bonds. The Balaban J connectivity index is 4.37. The van der Waals surface area contributed by atoms with E-state index in [0.717, 1.165) is 122 Å². The first-order valence-electron chi connectivity index (χ1n) is 27.7. The van der Waals surface area contributed by atoms with Crippen molar-refractivity contribution in [3.8, 4) is 0 Å². The first-order chi connectivity index (χ1) is 33.0. The lowest BCUT2D eigenvalue weighted by Gasteiger charge is -2.18. The molecule has 0 aliphatic rings. The van der Waals surface area contributed by atoms with Gasteiger partial charge in [0, 0.05) is 19.3 Å². The Morgan fingerprint density at radius 3 is 0.925 bits per heavy atom. The summed E-state index contributed by atoms with van der Waals surface area (Å²) < 4.78 is 16.8. The van der Waals surface area contributed by atoms with Crippen LogP contribution < -0.4 is 0 Å². The van der Waals surface area contributed by atoms with Crippen molar-refractivity contribution in [3.05, 3.63) is 97.2 Å². The Labute approximate surface area is 413 Å². The van der Waals surface area contributed by atoms with Crippen molar-refractivity contribution >= 4 is 17.9 Å². The molecule has 67 heavy (non-hydrogen) atoms. The van der Waals surface area contributed by atoms with E-state index in [1.165, 1.54) is 89.9 Å². The summed E-state index contributed by atoms with van der Waals surface area (Å²) in [6.45, 7) is 6.36. The van der Waals surface area contributed by atoms with Gasteiger partial charge in [-0.05, 0) is 109 Å². The summed E-state index contributed by atoms with van der Waals surface area (Å²) in [5.74, 6) is -0.915. The van der Waals surface area contributed by atoms with Gasteiger partial charge in [0.15, 0.2) is 6.10 Å². The highest BCUT2D eigenvalue weighted by molar-refractivity contribution is 5.71. The number of hydrogen-bond donors (Lipinski definition) is 0. The Bertz CT molecular complexity index is 1350. The predicted molar refractivity (Wildman–Crippen MR) is 288 cm³/mol. The molecule has 6 heteroatoms. The maximum atomic E-state index is 12.8. The van der Waals surface area contributed by atoms with Gasteiger partial charge in [-0.3, -0.25) is 14.4 Å². The molecule has 1 atom stereocenters. The first kappa shape index (κ1) is 63.3. The van der Waals surface area contributed by atoms with Crippen molar-refractivity contribution in [1.29, 1.82) is 0 Å². The third-order valence-corrected chi connectivity index (χ3v) is 11.6. The molecule has 0 saturated heterocycles. The van der Waals surface area contributed by atoms with Gasteiger partial charge in [0.05, 0.1) is 0 Å². The van der Waals surface area contributed by atoms with Gasteiger partial charge in [0.2, 0.25) is 0 Å². The lowest BCUT2D eigenvalue weighted by Crippen LogP contribution is -2.30. The minimum absolute atomic E-state index is 0.0891. The van der Waals surface area contributed by atoms with Crippen molar-refractivity contribution in [1.82, 2.24) is 0 Å². The van der Waals surface area contributed by atoms with E-state index >= 15 is 0 Å². The average Bonchev–Trinajstić information content (AvgIpc) is 3.33. The van der Waals surface area contributed by atoms with Gasteiger partial charge in [-0.2, -0.15) is 0 Å². The van der Waals surface area contributed by atoms with Crippen LogP contribution >= 0.6 is 0 Å². The lowest BCUT2D eigenvalue weighted by molar-refractivity contribution is -0.167. The quantitative estimate of drug-likeness (QED) is 0.0262. The zero-order valence-electron chi connectivity index (χ0n) is 43.6. The number of allylic oxidation sites excluding steroid dienone is 16. The monoisotopic (exact) mass is 931 g/mol. The van der Waals surface area contributed by atoms with Crippen LogP contribution in [0, 0.1) is 0 Å². The van der Waals surface area contributed by atoms with Gasteiger partial charge in [0.1, 0.15) is 13.2 Å². The Morgan fingerprint density at radius 2 is 0.582 bits per heavy atom. The lowest BCUT2D eigenvalue weighted by atomic mass is 10.1. The van der Waals surface area contributed by atoms with E-state index in [2.05, 4.69) is 118 Å². The Kier molecular flexibility index (Phi) is 51.9. The molecule has 382 valence electrons. The van der Waals surface area contributed by atoms with Crippen LogP contribution in [-0.2, 0) is 28.6 Å². The number of unbranched alkanes of at least 4 members (excludes halogenated alkanes) is 22. The second-order valence-corrected chi connectivity index (χ2v) is 18.1. The Morgan fingerprint density at radius 1 is 0.313 bits per heavy atom. The van der Waals surface area contributed by atoms with Gasteiger partial charge < -0.3 is 14.2 Å². The van der Waals surface area contributed by atoms with Crippen molar-refractivity contribution in [3.63, 3.8) is 0 Å². The van der Waals surface area contributed by atoms with Crippen LogP contribution in [0.2, 0.25) is 0 Å². The molecular weight excluding hydrogens is 829 g/mol. The highest BCUT2D eigenvalue weighted by atomic mass is 16.6. The van der Waals surface area contributed by atoms with Crippen molar-refractivity contribution in [2.75, 3.05) is 13.2 Å². The van der Waals surface area contributed by atoms with Gasteiger partial charge in [-0.15, -0.1) is 0 Å². The maximum absolute atomic E-state index is 12.8.